The largest absolute Gasteiger partial charge is 0.493 e. The van der Waals surface area contributed by atoms with Crippen LogP contribution in [0, 0.1) is 0 Å². The zero-order valence-electron chi connectivity index (χ0n) is 16.8. The molecule has 0 N–H and O–H groups in total. The van der Waals surface area contributed by atoms with E-state index in [1.807, 2.05) is 49.5 Å². The standard InChI is InChI=1S/C24H23NO4/c1-25(14-16-8-10-20(27-2)22(12-16)28-3)15-18-13-23(26)29-21-11-9-17-6-4-5-7-19(17)24(18)21/h4-13H,14-15H2,1-3H3. The molecule has 0 aliphatic carbocycles. The summed E-state index contributed by atoms with van der Waals surface area (Å²) in [5, 5.41) is 3.20. The van der Waals surface area contributed by atoms with Gasteiger partial charge in [-0.1, -0.05) is 36.4 Å². The van der Waals surface area contributed by atoms with Crippen LogP contribution in [0.2, 0.25) is 0 Å². The molecule has 0 radical (unpaired) electrons. The highest BCUT2D eigenvalue weighted by molar-refractivity contribution is 6.07. The Balaban J connectivity index is 1.68. The number of hydrogen-bond donors (Lipinski definition) is 0. The van der Waals surface area contributed by atoms with Crippen molar-refractivity contribution in [1.82, 2.24) is 4.90 Å². The van der Waals surface area contributed by atoms with E-state index in [1.165, 1.54) is 0 Å². The number of rotatable bonds is 6. The molecule has 0 saturated heterocycles. The minimum Gasteiger partial charge on any atom is -0.493 e. The van der Waals surface area contributed by atoms with Crippen molar-refractivity contribution in [1.29, 1.82) is 0 Å². The van der Waals surface area contributed by atoms with Crippen LogP contribution in [-0.2, 0) is 13.1 Å². The van der Waals surface area contributed by atoms with E-state index in [4.69, 9.17) is 13.9 Å². The number of hydrogen-bond acceptors (Lipinski definition) is 5. The first-order chi connectivity index (χ1) is 14.1. The summed E-state index contributed by atoms with van der Waals surface area (Å²) in [6.45, 7) is 1.32. The third-order valence-electron chi connectivity index (χ3n) is 5.06. The first-order valence-corrected chi connectivity index (χ1v) is 9.43. The van der Waals surface area contributed by atoms with Crippen LogP contribution in [0.5, 0.6) is 11.5 Å². The first-order valence-electron chi connectivity index (χ1n) is 9.43. The second-order valence-corrected chi connectivity index (χ2v) is 7.11. The van der Waals surface area contributed by atoms with Crippen molar-refractivity contribution in [2.75, 3.05) is 21.3 Å². The van der Waals surface area contributed by atoms with E-state index < -0.39 is 0 Å². The summed E-state index contributed by atoms with van der Waals surface area (Å²) in [6, 6.07) is 19.5. The van der Waals surface area contributed by atoms with Crippen molar-refractivity contribution in [2.45, 2.75) is 13.1 Å². The smallest absolute Gasteiger partial charge is 0.336 e. The number of methoxy groups -OCH3 is 2. The van der Waals surface area contributed by atoms with Crippen molar-refractivity contribution in [3.05, 3.63) is 82.2 Å². The van der Waals surface area contributed by atoms with Gasteiger partial charge in [0.2, 0.25) is 0 Å². The summed E-state index contributed by atoms with van der Waals surface area (Å²) < 4.78 is 16.2. The Morgan fingerprint density at radius 3 is 2.48 bits per heavy atom. The Morgan fingerprint density at radius 1 is 0.897 bits per heavy atom. The van der Waals surface area contributed by atoms with Crippen LogP contribution in [0.3, 0.4) is 0 Å². The summed E-state index contributed by atoms with van der Waals surface area (Å²) >= 11 is 0. The van der Waals surface area contributed by atoms with Gasteiger partial charge in [-0.05, 0) is 47.1 Å². The van der Waals surface area contributed by atoms with Crippen LogP contribution in [0.25, 0.3) is 21.7 Å². The summed E-state index contributed by atoms with van der Waals surface area (Å²) in [5.74, 6) is 1.41. The topological polar surface area (TPSA) is 51.9 Å². The van der Waals surface area contributed by atoms with Crippen LogP contribution in [0.4, 0.5) is 0 Å². The molecule has 4 rings (SSSR count). The van der Waals surface area contributed by atoms with Gasteiger partial charge in [0.05, 0.1) is 14.2 Å². The molecule has 1 heterocycles. The second-order valence-electron chi connectivity index (χ2n) is 7.11. The Morgan fingerprint density at radius 2 is 1.69 bits per heavy atom. The molecule has 1 aromatic heterocycles. The van der Waals surface area contributed by atoms with Crippen molar-refractivity contribution in [3.63, 3.8) is 0 Å². The molecule has 0 unspecified atom stereocenters. The molecule has 5 nitrogen and oxygen atoms in total. The quantitative estimate of drug-likeness (QED) is 0.356. The van der Waals surface area contributed by atoms with Gasteiger partial charge in [0.25, 0.3) is 0 Å². The summed E-state index contributed by atoms with van der Waals surface area (Å²) in [4.78, 5) is 14.3. The average molecular weight is 389 g/mol. The lowest BCUT2D eigenvalue weighted by molar-refractivity contribution is 0.317. The Kier molecular flexibility index (Phi) is 5.23. The first kappa shape index (κ1) is 19.0. The Hall–Kier alpha value is -3.31. The highest BCUT2D eigenvalue weighted by atomic mass is 16.5. The molecule has 29 heavy (non-hydrogen) atoms. The minimum atomic E-state index is -0.331. The number of nitrogens with zero attached hydrogens (tertiary/aromatic N) is 1. The van der Waals surface area contributed by atoms with Crippen LogP contribution in [0.1, 0.15) is 11.1 Å². The Bertz CT molecular complexity index is 1230. The lowest BCUT2D eigenvalue weighted by Crippen LogP contribution is -2.18. The van der Waals surface area contributed by atoms with Gasteiger partial charge in [-0.3, -0.25) is 4.90 Å². The lowest BCUT2D eigenvalue weighted by Gasteiger charge is -2.19. The Labute approximate surface area is 169 Å². The highest BCUT2D eigenvalue weighted by Crippen LogP contribution is 2.30. The van der Waals surface area contributed by atoms with Gasteiger partial charge in [0.1, 0.15) is 5.58 Å². The molecule has 4 aromatic rings. The van der Waals surface area contributed by atoms with Crippen molar-refractivity contribution in [3.8, 4) is 11.5 Å². The molecule has 148 valence electrons. The number of fused-ring (bicyclic) bond motifs is 3. The van der Waals surface area contributed by atoms with E-state index in [0.29, 0.717) is 30.2 Å². The van der Waals surface area contributed by atoms with Crippen LogP contribution < -0.4 is 15.1 Å². The molecule has 0 aliphatic rings. The predicted molar refractivity (Wildman–Crippen MR) is 115 cm³/mol. The molecular weight excluding hydrogens is 366 g/mol. The fourth-order valence-electron chi connectivity index (χ4n) is 3.78. The monoisotopic (exact) mass is 389 g/mol. The van der Waals surface area contributed by atoms with Gasteiger partial charge in [-0.15, -0.1) is 0 Å². The molecule has 0 spiro atoms. The predicted octanol–water partition coefficient (Wildman–Crippen LogP) is 4.60. The molecule has 5 heteroatoms. The maximum Gasteiger partial charge on any atom is 0.336 e. The average Bonchev–Trinajstić information content (AvgIpc) is 2.73. The van der Waals surface area contributed by atoms with Crippen LogP contribution in [0.15, 0.2) is 69.9 Å². The molecule has 0 amide bonds. The van der Waals surface area contributed by atoms with E-state index in [0.717, 1.165) is 27.3 Å². The van der Waals surface area contributed by atoms with E-state index >= 15 is 0 Å². The summed E-state index contributed by atoms with van der Waals surface area (Å²) in [5.41, 5.74) is 2.34. The normalized spacial score (nSPS) is 11.3. The number of benzene rings is 3. The lowest BCUT2D eigenvalue weighted by atomic mass is 10.0. The maximum atomic E-state index is 12.1. The fourth-order valence-corrected chi connectivity index (χ4v) is 3.78. The van der Waals surface area contributed by atoms with E-state index in [1.54, 1.807) is 20.3 Å². The highest BCUT2D eigenvalue weighted by Gasteiger charge is 2.13. The zero-order valence-corrected chi connectivity index (χ0v) is 16.8. The minimum absolute atomic E-state index is 0.331. The summed E-state index contributed by atoms with van der Waals surface area (Å²) in [7, 11) is 5.29. The van der Waals surface area contributed by atoms with E-state index in [-0.39, 0.29) is 5.63 Å². The van der Waals surface area contributed by atoms with E-state index in [2.05, 4.69) is 17.0 Å². The zero-order chi connectivity index (χ0) is 20.4. The third-order valence-corrected chi connectivity index (χ3v) is 5.06. The summed E-state index contributed by atoms with van der Waals surface area (Å²) in [6.07, 6.45) is 0. The van der Waals surface area contributed by atoms with Crippen molar-refractivity contribution < 1.29 is 13.9 Å². The van der Waals surface area contributed by atoms with Crippen LogP contribution >= 0.6 is 0 Å². The van der Waals surface area contributed by atoms with Crippen molar-refractivity contribution in [2.24, 2.45) is 0 Å². The molecule has 3 aromatic carbocycles. The van der Waals surface area contributed by atoms with Gasteiger partial charge in [0, 0.05) is 24.5 Å². The SMILES string of the molecule is COc1ccc(CN(C)Cc2cc(=O)oc3ccc4ccccc4c23)cc1OC. The third kappa shape index (κ3) is 3.82. The molecule has 0 atom stereocenters. The molecule has 0 saturated carbocycles. The van der Waals surface area contributed by atoms with E-state index in [9.17, 15) is 4.79 Å². The van der Waals surface area contributed by atoms with Gasteiger partial charge in [0.15, 0.2) is 11.5 Å². The molecular formula is C24H23NO4. The molecule has 0 fully saturated rings. The second kappa shape index (κ2) is 7.97. The van der Waals surface area contributed by atoms with Gasteiger partial charge in [-0.25, -0.2) is 4.79 Å². The van der Waals surface area contributed by atoms with Gasteiger partial charge in [-0.2, -0.15) is 0 Å². The molecule has 0 bridgehead atoms. The maximum absolute atomic E-state index is 12.1. The van der Waals surface area contributed by atoms with Crippen molar-refractivity contribution >= 4 is 21.7 Å². The van der Waals surface area contributed by atoms with Crippen LogP contribution in [-0.4, -0.2) is 26.2 Å². The van der Waals surface area contributed by atoms with Gasteiger partial charge >= 0.3 is 5.63 Å². The number of ether oxygens (including phenoxy) is 2. The molecule has 0 aliphatic heterocycles. The fraction of sp³-hybridized carbons (Fsp3) is 0.208. The van der Waals surface area contributed by atoms with Gasteiger partial charge < -0.3 is 13.9 Å².